The zero-order chi connectivity index (χ0) is 14.2. The first-order chi connectivity index (χ1) is 9.85. The van der Waals surface area contributed by atoms with Crippen LogP contribution in [0.2, 0.25) is 0 Å². The van der Waals surface area contributed by atoms with Gasteiger partial charge in [0, 0.05) is 38.3 Å². The minimum atomic E-state index is 0.684. The highest BCUT2D eigenvalue weighted by atomic mass is 32.1. The molecule has 0 saturated carbocycles. The van der Waals surface area contributed by atoms with E-state index < -0.39 is 0 Å². The summed E-state index contributed by atoms with van der Waals surface area (Å²) in [6.07, 6.45) is 0. The molecule has 2 aromatic rings. The van der Waals surface area contributed by atoms with Crippen LogP contribution in [0.25, 0.3) is 11.3 Å². The number of anilines is 1. The lowest BCUT2D eigenvalue weighted by molar-refractivity contribution is 0.190. The molecule has 20 heavy (non-hydrogen) atoms. The number of thiazole rings is 1. The Morgan fingerprint density at radius 2 is 1.70 bits per heavy atom. The van der Waals surface area contributed by atoms with E-state index in [1.54, 1.807) is 25.6 Å². The molecule has 0 radical (unpaired) electrons. The highest BCUT2D eigenvalue weighted by Crippen LogP contribution is 2.27. The lowest BCUT2D eigenvalue weighted by Crippen LogP contribution is -2.30. The molecule has 2 rings (SSSR count). The summed E-state index contributed by atoms with van der Waals surface area (Å²) in [6.45, 7) is 3.01. The predicted molar refractivity (Wildman–Crippen MR) is 83.5 cm³/mol. The van der Waals surface area contributed by atoms with Gasteiger partial charge < -0.3 is 14.4 Å². The van der Waals surface area contributed by atoms with Crippen molar-refractivity contribution in [1.82, 2.24) is 4.98 Å². The van der Waals surface area contributed by atoms with Crippen LogP contribution in [0.15, 0.2) is 35.7 Å². The maximum absolute atomic E-state index is 5.16. The molecule has 0 saturated heterocycles. The van der Waals surface area contributed by atoms with E-state index in [0.717, 1.165) is 29.5 Å². The van der Waals surface area contributed by atoms with E-state index in [1.165, 1.54) is 0 Å². The first kappa shape index (κ1) is 15.0. The van der Waals surface area contributed by atoms with Gasteiger partial charge in [0.05, 0.1) is 18.9 Å². The largest absolute Gasteiger partial charge is 0.383 e. The molecule has 5 heteroatoms. The molecule has 108 valence electrons. The van der Waals surface area contributed by atoms with Gasteiger partial charge in [0.1, 0.15) is 0 Å². The van der Waals surface area contributed by atoms with Gasteiger partial charge in [-0.2, -0.15) is 0 Å². The third-order valence-electron chi connectivity index (χ3n) is 2.96. The van der Waals surface area contributed by atoms with Crippen LogP contribution in [0.5, 0.6) is 0 Å². The van der Waals surface area contributed by atoms with Gasteiger partial charge >= 0.3 is 0 Å². The Labute approximate surface area is 124 Å². The quantitative estimate of drug-likeness (QED) is 0.749. The minimum Gasteiger partial charge on any atom is -0.383 e. The van der Waals surface area contributed by atoms with Gasteiger partial charge in [0.2, 0.25) is 0 Å². The van der Waals surface area contributed by atoms with Crippen molar-refractivity contribution in [3.05, 3.63) is 35.7 Å². The lowest BCUT2D eigenvalue weighted by atomic mass is 10.2. The molecule has 0 atom stereocenters. The number of rotatable bonds is 8. The summed E-state index contributed by atoms with van der Waals surface area (Å²) >= 11 is 1.66. The first-order valence-electron chi connectivity index (χ1n) is 6.59. The molecule has 0 aliphatic rings. The van der Waals surface area contributed by atoms with Crippen molar-refractivity contribution < 1.29 is 9.47 Å². The Kier molecular flexibility index (Phi) is 5.98. The highest BCUT2D eigenvalue weighted by Gasteiger charge is 2.11. The Morgan fingerprint density at radius 3 is 2.30 bits per heavy atom. The van der Waals surface area contributed by atoms with E-state index in [0.29, 0.717) is 13.2 Å². The second kappa shape index (κ2) is 7.99. The molecule has 1 aromatic carbocycles. The number of benzene rings is 1. The second-order valence-electron chi connectivity index (χ2n) is 4.35. The first-order valence-corrected chi connectivity index (χ1v) is 7.47. The van der Waals surface area contributed by atoms with Crippen LogP contribution in [0.4, 0.5) is 5.13 Å². The van der Waals surface area contributed by atoms with Gasteiger partial charge in [-0.1, -0.05) is 30.3 Å². The molecule has 1 heterocycles. The summed E-state index contributed by atoms with van der Waals surface area (Å²) in [5.41, 5.74) is 2.17. The molecular weight excluding hydrogens is 272 g/mol. The SMILES string of the molecule is COCCN(CCOC)c1nc(-c2ccccc2)cs1. The summed E-state index contributed by atoms with van der Waals surface area (Å²) in [7, 11) is 3.43. The van der Waals surface area contributed by atoms with Crippen molar-refractivity contribution in [1.29, 1.82) is 0 Å². The third kappa shape index (κ3) is 4.03. The monoisotopic (exact) mass is 292 g/mol. The average Bonchev–Trinajstić information content (AvgIpc) is 2.98. The Balaban J connectivity index is 2.11. The maximum Gasteiger partial charge on any atom is 0.186 e. The van der Waals surface area contributed by atoms with Gasteiger partial charge in [-0.05, 0) is 0 Å². The van der Waals surface area contributed by atoms with E-state index in [-0.39, 0.29) is 0 Å². The van der Waals surface area contributed by atoms with E-state index in [2.05, 4.69) is 22.4 Å². The summed E-state index contributed by atoms with van der Waals surface area (Å²) in [4.78, 5) is 6.92. The number of nitrogens with zero attached hydrogens (tertiary/aromatic N) is 2. The zero-order valence-electron chi connectivity index (χ0n) is 11.9. The Morgan fingerprint density at radius 1 is 1.05 bits per heavy atom. The molecule has 0 spiro atoms. The van der Waals surface area contributed by atoms with Crippen LogP contribution in [0, 0.1) is 0 Å². The zero-order valence-corrected chi connectivity index (χ0v) is 12.7. The highest BCUT2D eigenvalue weighted by molar-refractivity contribution is 7.14. The molecule has 0 N–H and O–H groups in total. The predicted octanol–water partition coefficient (Wildman–Crippen LogP) is 2.91. The fraction of sp³-hybridized carbons (Fsp3) is 0.400. The van der Waals surface area contributed by atoms with Crippen LogP contribution in [0.3, 0.4) is 0 Å². The molecule has 4 nitrogen and oxygen atoms in total. The summed E-state index contributed by atoms with van der Waals surface area (Å²) in [6, 6.07) is 10.2. The maximum atomic E-state index is 5.16. The summed E-state index contributed by atoms with van der Waals surface area (Å²) in [5, 5.41) is 3.11. The number of hydrogen-bond donors (Lipinski definition) is 0. The summed E-state index contributed by atoms with van der Waals surface area (Å²) < 4.78 is 10.3. The van der Waals surface area contributed by atoms with Gasteiger partial charge in [-0.25, -0.2) is 4.98 Å². The Hall–Kier alpha value is -1.43. The molecule has 1 aromatic heterocycles. The van der Waals surface area contributed by atoms with Crippen LogP contribution < -0.4 is 4.90 Å². The number of methoxy groups -OCH3 is 2. The fourth-order valence-electron chi connectivity index (χ4n) is 1.86. The average molecular weight is 292 g/mol. The van der Waals surface area contributed by atoms with Crippen LogP contribution in [-0.4, -0.2) is 45.5 Å². The number of aromatic nitrogens is 1. The van der Waals surface area contributed by atoms with Crippen molar-refractivity contribution in [3.8, 4) is 11.3 Å². The van der Waals surface area contributed by atoms with Crippen LogP contribution >= 0.6 is 11.3 Å². The van der Waals surface area contributed by atoms with E-state index >= 15 is 0 Å². The minimum absolute atomic E-state index is 0.684. The molecule has 0 fully saturated rings. The second-order valence-corrected chi connectivity index (χ2v) is 5.19. The van der Waals surface area contributed by atoms with E-state index in [4.69, 9.17) is 14.5 Å². The Bertz CT molecular complexity index is 494. The third-order valence-corrected chi connectivity index (χ3v) is 3.86. The number of hydrogen-bond acceptors (Lipinski definition) is 5. The fourth-order valence-corrected chi connectivity index (χ4v) is 2.75. The van der Waals surface area contributed by atoms with Crippen molar-refractivity contribution >= 4 is 16.5 Å². The van der Waals surface area contributed by atoms with Crippen molar-refractivity contribution in [2.24, 2.45) is 0 Å². The van der Waals surface area contributed by atoms with E-state index in [9.17, 15) is 0 Å². The smallest absolute Gasteiger partial charge is 0.186 e. The molecule has 0 amide bonds. The van der Waals surface area contributed by atoms with E-state index in [1.807, 2.05) is 18.2 Å². The van der Waals surface area contributed by atoms with Gasteiger partial charge in [-0.3, -0.25) is 0 Å². The standard InChI is InChI=1S/C15H20N2O2S/c1-18-10-8-17(9-11-19-2)15-16-14(12-20-15)13-6-4-3-5-7-13/h3-7,12H,8-11H2,1-2H3. The molecule has 0 bridgehead atoms. The lowest BCUT2D eigenvalue weighted by Gasteiger charge is -2.20. The van der Waals surface area contributed by atoms with Crippen molar-refractivity contribution in [2.45, 2.75) is 0 Å². The molecule has 0 aliphatic heterocycles. The topological polar surface area (TPSA) is 34.6 Å². The van der Waals surface area contributed by atoms with Crippen LogP contribution in [0.1, 0.15) is 0 Å². The normalized spacial score (nSPS) is 10.7. The number of ether oxygens (including phenoxy) is 2. The van der Waals surface area contributed by atoms with Crippen molar-refractivity contribution in [3.63, 3.8) is 0 Å². The molecule has 0 unspecified atom stereocenters. The van der Waals surface area contributed by atoms with Crippen LogP contribution in [-0.2, 0) is 9.47 Å². The van der Waals surface area contributed by atoms with Crippen molar-refractivity contribution in [2.75, 3.05) is 45.4 Å². The molecule has 0 aliphatic carbocycles. The molecular formula is C15H20N2O2S. The van der Waals surface area contributed by atoms with Gasteiger partial charge in [0.25, 0.3) is 0 Å². The van der Waals surface area contributed by atoms with Gasteiger partial charge in [0.15, 0.2) is 5.13 Å². The van der Waals surface area contributed by atoms with Gasteiger partial charge in [-0.15, -0.1) is 11.3 Å². The summed E-state index contributed by atoms with van der Waals surface area (Å²) in [5.74, 6) is 0.